The molecule has 0 spiro atoms. The number of nitrogens with zero attached hydrogens (tertiary/aromatic N) is 1. The summed E-state index contributed by atoms with van der Waals surface area (Å²) in [4.78, 5) is 5.62. The summed E-state index contributed by atoms with van der Waals surface area (Å²) >= 11 is 1.69. The molecule has 0 bridgehead atoms. The summed E-state index contributed by atoms with van der Waals surface area (Å²) in [6, 6.07) is 10.5. The van der Waals surface area contributed by atoms with Gasteiger partial charge >= 0.3 is 0 Å². The Morgan fingerprint density at radius 2 is 2.00 bits per heavy atom. The van der Waals surface area contributed by atoms with E-state index in [0.29, 0.717) is 6.54 Å². The van der Waals surface area contributed by atoms with Crippen molar-refractivity contribution in [3.8, 4) is 0 Å². The summed E-state index contributed by atoms with van der Waals surface area (Å²) < 4.78 is 0. The molecule has 2 rings (SSSR count). The molecule has 1 heterocycles. The zero-order valence-electron chi connectivity index (χ0n) is 10.1. The van der Waals surface area contributed by atoms with Gasteiger partial charge in [0, 0.05) is 17.6 Å². The summed E-state index contributed by atoms with van der Waals surface area (Å²) in [5.74, 6) is 0. The maximum atomic E-state index is 5.63. The van der Waals surface area contributed by atoms with Crippen LogP contribution in [0.5, 0.6) is 0 Å². The zero-order valence-corrected chi connectivity index (χ0v) is 10.9. The van der Waals surface area contributed by atoms with E-state index in [1.54, 1.807) is 11.8 Å². The van der Waals surface area contributed by atoms with Crippen molar-refractivity contribution < 1.29 is 0 Å². The number of rotatable bonds is 3. The molecule has 2 nitrogen and oxygen atoms in total. The summed E-state index contributed by atoms with van der Waals surface area (Å²) in [5, 5.41) is 1.00. The van der Waals surface area contributed by atoms with E-state index < -0.39 is 0 Å². The SMILES string of the molecule is Cc1ccc(C)c(Sc2cc(CN)ccn2)c1. The molecular weight excluding hydrogens is 228 g/mol. The van der Waals surface area contributed by atoms with Crippen LogP contribution in [0.25, 0.3) is 0 Å². The van der Waals surface area contributed by atoms with Gasteiger partial charge in [0.15, 0.2) is 0 Å². The number of nitrogens with two attached hydrogens (primary N) is 1. The lowest BCUT2D eigenvalue weighted by Gasteiger charge is -2.07. The molecule has 0 fully saturated rings. The average Bonchev–Trinajstić information content (AvgIpc) is 2.34. The second-order valence-corrected chi connectivity index (χ2v) is 5.14. The first kappa shape index (κ1) is 12.1. The summed E-state index contributed by atoms with van der Waals surface area (Å²) in [6.45, 7) is 4.78. The van der Waals surface area contributed by atoms with Gasteiger partial charge in [-0.15, -0.1) is 0 Å². The zero-order chi connectivity index (χ0) is 12.3. The first-order valence-electron chi connectivity index (χ1n) is 5.59. The summed E-state index contributed by atoms with van der Waals surface area (Å²) in [5.41, 5.74) is 9.30. The second-order valence-electron chi connectivity index (χ2n) is 4.08. The topological polar surface area (TPSA) is 38.9 Å². The fourth-order valence-electron chi connectivity index (χ4n) is 1.56. The molecule has 1 aromatic carbocycles. The minimum absolute atomic E-state index is 0.558. The predicted molar refractivity (Wildman–Crippen MR) is 72.2 cm³/mol. The number of benzene rings is 1. The Bertz CT molecular complexity index is 523. The Balaban J connectivity index is 2.27. The largest absolute Gasteiger partial charge is 0.326 e. The molecule has 17 heavy (non-hydrogen) atoms. The van der Waals surface area contributed by atoms with Gasteiger partial charge in [0.2, 0.25) is 0 Å². The maximum Gasteiger partial charge on any atom is 0.101 e. The molecular formula is C14H16N2S. The fourth-order valence-corrected chi connectivity index (χ4v) is 2.59. The molecule has 88 valence electrons. The van der Waals surface area contributed by atoms with Crippen LogP contribution < -0.4 is 5.73 Å². The van der Waals surface area contributed by atoms with Crippen molar-refractivity contribution in [2.24, 2.45) is 5.73 Å². The van der Waals surface area contributed by atoms with Crippen LogP contribution >= 0.6 is 11.8 Å². The Hall–Kier alpha value is -1.32. The van der Waals surface area contributed by atoms with Crippen molar-refractivity contribution in [2.45, 2.75) is 30.3 Å². The maximum absolute atomic E-state index is 5.63. The average molecular weight is 244 g/mol. The predicted octanol–water partition coefficient (Wildman–Crippen LogP) is 3.31. The van der Waals surface area contributed by atoms with Crippen LogP contribution in [-0.4, -0.2) is 4.98 Å². The summed E-state index contributed by atoms with van der Waals surface area (Å²) in [7, 11) is 0. The second kappa shape index (κ2) is 5.34. The van der Waals surface area contributed by atoms with E-state index in [-0.39, 0.29) is 0 Å². The van der Waals surface area contributed by atoms with Gasteiger partial charge in [-0.25, -0.2) is 4.98 Å². The van der Waals surface area contributed by atoms with Gasteiger partial charge in [-0.3, -0.25) is 0 Å². The van der Waals surface area contributed by atoms with Crippen molar-refractivity contribution >= 4 is 11.8 Å². The molecule has 2 N–H and O–H groups in total. The van der Waals surface area contributed by atoms with E-state index >= 15 is 0 Å². The van der Waals surface area contributed by atoms with Crippen LogP contribution in [0, 0.1) is 13.8 Å². The molecule has 0 unspecified atom stereocenters. The van der Waals surface area contributed by atoms with Gasteiger partial charge in [-0.2, -0.15) is 0 Å². The molecule has 0 atom stereocenters. The van der Waals surface area contributed by atoms with Crippen molar-refractivity contribution in [1.29, 1.82) is 0 Å². The number of pyridine rings is 1. The molecule has 2 aromatic rings. The first-order valence-corrected chi connectivity index (χ1v) is 6.41. The number of aryl methyl sites for hydroxylation is 2. The Labute approximate surface area is 106 Å². The van der Waals surface area contributed by atoms with E-state index in [1.807, 2.05) is 18.3 Å². The van der Waals surface area contributed by atoms with Gasteiger partial charge in [0.1, 0.15) is 5.03 Å². The first-order chi connectivity index (χ1) is 8.19. The quantitative estimate of drug-likeness (QED) is 0.900. The van der Waals surface area contributed by atoms with Gasteiger partial charge in [0.25, 0.3) is 0 Å². The third-order valence-corrected chi connectivity index (χ3v) is 3.69. The normalized spacial score (nSPS) is 10.5. The lowest BCUT2D eigenvalue weighted by Crippen LogP contribution is -1.96. The van der Waals surface area contributed by atoms with E-state index in [1.165, 1.54) is 16.0 Å². The molecule has 0 saturated heterocycles. The highest BCUT2D eigenvalue weighted by atomic mass is 32.2. The van der Waals surface area contributed by atoms with Crippen molar-refractivity contribution in [1.82, 2.24) is 4.98 Å². The number of hydrogen-bond acceptors (Lipinski definition) is 3. The number of hydrogen-bond donors (Lipinski definition) is 1. The Morgan fingerprint density at radius 1 is 1.18 bits per heavy atom. The van der Waals surface area contributed by atoms with Crippen molar-refractivity contribution in [3.05, 3.63) is 53.2 Å². The summed E-state index contributed by atoms with van der Waals surface area (Å²) in [6.07, 6.45) is 1.82. The monoisotopic (exact) mass is 244 g/mol. The highest BCUT2D eigenvalue weighted by Gasteiger charge is 2.03. The minimum Gasteiger partial charge on any atom is -0.326 e. The highest BCUT2D eigenvalue weighted by molar-refractivity contribution is 7.99. The van der Waals surface area contributed by atoms with Crippen LogP contribution in [0.1, 0.15) is 16.7 Å². The van der Waals surface area contributed by atoms with Gasteiger partial charge in [-0.05, 0) is 48.7 Å². The molecule has 0 saturated carbocycles. The van der Waals surface area contributed by atoms with Crippen molar-refractivity contribution in [3.63, 3.8) is 0 Å². The van der Waals surface area contributed by atoms with Gasteiger partial charge in [0.05, 0.1) is 0 Å². The van der Waals surface area contributed by atoms with Crippen LogP contribution in [0.3, 0.4) is 0 Å². The molecule has 3 heteroatoms. The lowest BCUT2D eigenvalue weighted by atomic mass is 10.2. The molecule has 0 aliphatic rings. The molecule has 0 radical (unpaired) electrons. The third kappa shape index (κ3) is 3.08. The Morgan fingerprint density at radius 3 is 2.76 bits per heavy atom. The molecule has 0 amide bonds. The third-order valence-electron chi connectivity index (χ3n) is 2.59. The molecule has 0 aliphatic heterocycles. The van der Waals surface area contributed by atoms with Crippen LogP contribution in [0.4, 0.5) is 0 Å². The molecule has 1 aromatic heterocycles. The van der Waals surface area contributed by atoms with E-state index in [9.17, 15) is 0 Å². The van der Waals surface area contributed by atoms with Gasteiger partial charge < -0.3 is 5.73 Å². The minimum atomic E-state index is 0.558. The highest BCUT2D eigenvalue weighted by Crippen LogP contribution is 2.29. The van der Waals surface area contributed by atoms with E-state index in [4.69, 9.17) is 5.73 Å². The fraction of sp³-hybridized carbons (Fsp3) is 0.214. The smallest absolute Gasteiger partial charge is 0.101 e. The van der Waals surface area contributed by atoms with E-state index in [0.717, 1.165) is 10.6 Å². The number of aromatic nitrogens is 1. The molecule has 0 aliphatic carbocycles. The van der Waals surface area contributed by atoms with Crippen LogP contribution in [0.15, 0.2) is 46.5 Å². The van der Waals surface area contributed by atoms with E-state index in [2.05, 4.69) is 37.0 Å². The lowest BCUT2D eigenvalue weighted by molar-refractivity contribution is 1.02. The van der Waals surface area contributed by atoms with Crippen LogP contribution in [-0.2, 0) is 6.54 Å². The Kier molecular flexibility index (Phi) is 3.82. The standard InChI is InChI=1S/C14H16N2S/c1-10-3-4-11(2)13(7-10)17-14-8-12(9-15)5-6-16-14/h3-8H,9,15H2,1-2H3. The van der Waals surface area contributed by atoms with Crippen molar-refractivity contribution in [2.75, 3.05) is 0 Å². The van der Waals surface area contributed by atoms with Gasteiger partial charge in [-0.1, -0.05) is 23.9 Å². The van der Waals surface area contributed by atoms with Crippen LogP contribution in [0.2, 0.25) is 0 Å².